The quantitative estimate of drug-likeness (QED) is 0.213. The molecule has 0 aliphatic carbocycles. The monoisotopic (exact) mass is 623 g/mol. The van der Waals surface area contributed by atoms with Gasteiger partial charge in [-0.3, -0.25) is 0 Å². The van der Waals surface area contributed by atoms with Gasteiger partial charge in [0.25, 0.3) is 0 Å². The first-order valence-corrected chi connectivity index (χ1v) is 16.7. The van der Waals surface area contributed by atoms with Gasteiger partial charge in [-0.25, -0.2) is 9.97 Å². The molecule has 0 saturated heterocycles. The third-order valence-corrected chi connectivity index (χ3v) is 9.72. The SMILES string of the molecule is c1ccc(-c2cc3cc(c2)-c2cccc4c2[nH]c2c(cccc24)-c2cc(-c4ccccc4)cc(n2)-c2cc(-c4ccccc4)cc-3n2)cc1. The average molecular weight is 624 g/mol. The van der Waals surface area contributed by atoms with Crippen LogP contribution in [0.3, 0.4) is 0 Å². The molecule has 1 aliphatic heterocycles. The second-order valence-corrected chi connectivity index (χ2v) is 12.7. The highest BCUT2D eigenvalue weighted by Crippen LogP contribution is 2.42. The number of nitrogens with zero attached hydrogens (tertiary/aromatic N) is 2. The van der Waals surface area contributed by atoms with Crippen molar-refractivity contribution in [3.05, 3.63) is 170 Å². The molecule has 3 heteroatoms. The van der Waals surface area contributed by atoms with Crippen LogP contribution in [0.25, 0.3) is 100 Å². The van der Waals surface area contributed by atoms with E-state index in [1.54, 1.807) is 0 Å². The zero-order valence-electron chi connectivity index (χ0n) is 26.6. The summed E-state index contributed by atoms with van der Waals surface area (Å²) in [5.41, 5.74) is 16.9. The van der Waals surface area contributed by atoms with Gasteiger partial charge in [-0.1, -0.05) is 127 Å². The predicted molar refractivity (Wildman–Crippen MR) is 203 cm³/mol. The van der Waals surface area contributed by atoms with Crippen LogP contribution in [0, 0.1) is 0 Å². The lowest BCUT2D eigenvalue weighted by atomic mass is 9.93. The van der Waals surface area contributed by atoms with Gasteiger partial charge in [-0.15, -0.1) is 0 Å². The van der Waals surface area contributed by atoms with Crippen LogP contribution in [-0.2, 0) is 0 Å². The minimum Gasteiger partial charge on any atom is -0.353 e. The topological polar surface area (TPSA) is 41.6 Å². The van der Waals surface area contributed by atoms with E-state index >= 15 is 0 Å². The largest absolute Gasteiger partial charge is 0.353 e. The molecule has 0 radical (unpaired) electrons. The number of para-hydroxylation sites is 2. The van der Waals surface area contributed by atoms with E-state index in [0.29, 0.717) is 0 Å². The highest BCUT2D eigenvalue weighted by Gasteiger charge is 2.19. The minimum absolute atomic E-state index is 0.834. The van der Waals surface area contributed by atoms with Gasteiger partial charge in [0.1, 0.15) is 0 Å². The molecule has 49 heavy (non-hydrogen) atoms. The maximum Gasteiger partial charge on any atom is 0.0900 e. The van der Waals surface area contributed by atoms with Crippen molar-refractivity contribution in [1.82, 2.24) is 15.0 Å². The van der Waals surface area contributed by atoms with Gasteiger partial charge >= 0.3 is 0 Å². The highest BCUT2D eigenvalue weighted by molar-refractivity contribution is 6.15. The molecule has 6 aromatic carbocycles. The molecule has 3 nitrogen and oxygen atoms in total. The van der Waals surface area contributed by atoms with Gasteiger partial charge < -0.3 is 4.98 Å². The Morgan fingerprint density at radius 1 is 0.286 bits per heavy atom. The third kappa shape index (κ3) is 4.67. The lowest BCUT2D eigenvalue weighted by Gasteiger charge is -2.15. The second-order valence-electron chi connectivity index (χ2n) is 12.7. The molecule has 9 aromatic rings. The Morgan fingerprint density at radius 3 is 1.31 bits per heavy atom. The van der Waals surface area contributed by atoms with Gasteiger partial charge in [-0.2, -0.15) is 0 Å². The van der Waals surface area contributed by atoms with E-state index in [1.807, 2.05) is 0 Å². The van der Waals surface area contributed by atoms with Gasteiger partial charge in [-0.05, 0) is 81.4 Å². The molecule has 0 saturated carbocycles. The molecule has 4 heterocycles. The van der Waals surface area contributed by atoms with E-state index in [-0.39, 0.29) is 0 Å². The van der Waals surface area contributed by atoms with Crippen LogP contribution in [0.5, 0.6) is 0 Å². The molecule has 0 fully saturated rings. The predicted octanol–water partition coefficient (Wildman–Crippen LogP) is 12.1. The highest BCUT2D eigenvalue weighted by atomic mass is 14.8. The summed E-state index contributed by atoms with van der Waals surface area (Å²) in [6, 6.07) is 60.6. The number of hydrogen-bond acceptors (Lipinski definition) is 2. The molecule has 1 N–H and O–H groups in total. The average Bonchev–Trinajstić information content (AvgIpc) is 3.57. The lowest BCUT2D eigenvalue weighted by Crippen LogP contribution is -1.97. The van der Waals surface area contributed by atoms with Gasteiger partial charge in [0.05, 0.1) is 33.8 Å². The fourth-order valence-electron chi connectivity index (χ4n) is 7.33. The number of hydrogen-bond donors (Lipinski definition) is 1. The summed E-state index contributed by atoms with van der Waals surface area (Å²) < 4.78 is 0. The van der Waals surface area contributed by atoms with Crippen molar-refractivity contribution < 1.29 is 0 Å². The summed E-state index contributed by atoms with van der Waals surface area (Å²) in [5, 5.41) is 2.38. The number of aromatic amines is 1. The van der Waals surface area contributed by atoms with Crippen LogP contribution < -0.4 is 0 Å². The number of pyridine rings is 2. The maximum absolute atomic E-state index is 5.41. The number of fused-ring (bicyclic) bond motifs is 11. The molecule has 0 amide bonds. The first-order valence-electron chi connectivity index (χ1n) is 16.7. The van der Waals surface area contributed by atoms with Gasteiger partial charge in [0, 0.05) is 27.5 Å². The molecule has 0 spiro atoms. The Hall–Kier alpha value is -6.58. The molecular weight excluding hydrogens is 595 g/mol. The molecule has 10 rings (SSSR count). The molecule has 3 aromatic heterocycles. The molecule has 1 aliphatic rings. The molecule has 0 unspecified atom stereocenters. The molecule has 8 bridgehead atoms. The summed E-state index contributed by atoms with van der Waals surface area (Å²) in [6.45, 7) is 0. The number of H-pyrrole nitrogens is 1. The maximum atomic E-state index is 5.41. The van der Waals surface area contributed by atoms with Crippen LogP contribution >= 0.6 is 0 Å². The Bertz CT molecular complexity index is 2530. The van der Waals surface area contributed by atoms with E-state index in [1.165, 1.54) is 16.3 Å². The standard InChI is InChI=1S/C46H29N3/c1-4-12-29(13-5-1)32-22-35-24-36(23-32)41-25-33(30-14-6-2-7-15-30)27-43(47-41)44-28-34(31-16-8-3-9-17-31)26-42(48-44)40-21-11-20-39-38-19-10-18-37(35)45(38)49-46(39)40/h1-28,49H. The Balaban J connectivity index is 1.36. The fourth-order valence-corrected chi connectivity index (χ4v) is 7.33. The van der Waals surface area contributed by atoms with E-state index in [2.05, 4.69) is 175 Å². The zero-order chi connectivity index (χ0) is 32.3. The first kappa shape index (κ1) is 27.5. The smallest absolute Gasteiger partial charge is 0.0900 e. The van der Waals surface area contributed by atoms with Crippen LogP contribution in [0.2, 0.25) is 0 Å². The molecule has 0 atom stereocenters. The summed E-state index contributed by atoms with van der Waals surface area (Å²) >= 11 is 0. The zero-order valence-corrected chi connectivity index (χ0v) is 26.6. The van der Waals surface area contributed by atoms with Crippen LogP contribution in [0.1, 0.15) is 0 Å². The summed E-state index contributed by atoms with van der Waals surface area (Å²) in [6.07, 6.45) is 0. The first-order chi connectivity index (χ1) is 24.2. The van der Waals surface area contributed by atoms with Crippen LogP contribution in [0.15, 0.2) is 170 Å². The normalized spacial score (nSPS) is 11.7. The minimum atomic E-state index is 0.834. The van der Waals surface area contributed by atoms with E-state index < -0.39 is 0 Å². The summed E-state index contributed by atoms with van der Waals surface area (Å²) in [7, 11) is 0. The number of rotatable bonds is 3. The van der Waals surface area contributed by atoms with E-state index in [4.69, 9.17) is 9.97 Å². The van der Waals surface area contributed by atoms with Crippen LogP contribution in [-0.4, -0.2) is 15.0 Å². The van der Waals surface area contributed by atoms with E-state index in [0.717, 1.165) is 83.9 Å². The Morgan fingerprint density at radius 2 is 0.714 bits per heavy atom. The lowest BCUT2D eigenvalue weighted by molar-refractivity contribution is 1.25. The summed E-state index contributed by atoms with van der Waals surface area (Å²) in [5.74, 6) is 0. The fraction of sp³-hybridized carbons (Fsp3) is 0. The third-order valence-electron chi connectivity index (χ3n) is 9.72. The molecular formula is C46H29N3. The molecule has 228 valence electrons. The van der Waals surface area contributed by atoms with Crippen molar-refractivity contribution >= 4 is 21.8 Å². The van der Waals surface area contributed by atoms with Crippen molar-refractivity contribution in [1.29, 1.82) is 0 Å². The Kier molecular flexibility index (Phi) is 6.18. The van der Waals surface area contributed by atoms with Crippen molar-refractivity contribution in [3.63, 3.8) is 0 Å². The van der Waals surface area contributed by atoms with Crippen molar-refractivity contribution in [2.24, 2.45) is 0 Å². The Labute approximate surface area is 284 Å². The van der Waals surface area contributed by atoms with Crippen molar-refractivity contribution in [3.8, 4) is 78.4 Å². The van der Waals surface area contributed by atoms with E-state index in [9.17, 15) is 0 Å². The van der Waals surface area contributed by atoms with Crippen LogP contribution in [0.4, 0.5) is 0 Å². The van der Waals surface area contributed by atoms with Gasteiger partial charge in [0.15, 0.2) is 0 Å². The second kappa shape index (κ2) is 11.0. The number of aromatic nitrogens is 3. The van der Waals surface area contributed by atoms with Crippen molar-refractivity contribution in [2.45, 2.75) is 0 Å². The van der Waals surface area contributed by atoms with Gasteiger partial charge in [0.2, 0.25) is 0 Å². The van der Waals surface area contributed by atoms with Crippen molar-refractivity contribution in [2.75, 3.05) is 0 Å². The summed E-state index contributed by atoms with van der Waals surface area (Å²) in [4.78, 5) is 14.7. The number of benzene rings is 6. The number of nitrogens with one attached hydrogen (secondary N) is 1.